The number of aryl methyl sites for hydroxylation is 1. The highest BCUT2D eigenvalue weighted by Gasteiger charge is 2.45. The Morgan fingerprint density at radius 3 is 2.79 bits per heavy atom. The summed E-state index contributed by atoms with van der Waals surface area (Å²) in [5.41, 5.74) is 0.396. The zero-order valence-electron chi connectivity index (χ0n) is 13.5. The molecule has 8 nitrogen and oxygen atoms in total. The third-order valence-corrected chi connectivity index (χ3v) is 4.87. The SMILES string of the molecule is Cc1noc([C@@H]2CCC3(CCN(C(=O)c4ccnnc4)CC3)O2)n1. The molecule has 0 aliphatic carbocycles. The molecule has 0 aromatic carbocycles. The predicted octanol–water partition coefficient (Wildman–Crippen LogP) is 1.69. The fourth-order valence-electron chi connectivity index (χ4n) is 3.52. The third kappa shape index (κ3) is 2.77. The third-order valence-electron chi connectivity index (χ3n) is 4.87. The quantitative estimate of drug-likeness (QED) is 0.827. The predicted molar refractivity (Wildman–Crippen MR) is 82.0 cm³/mol. The number of hydrogen-bond donors (Lipinski definition) is 0. The van der Waals surface area contributed by atoms with E-state index in [9.17, 15) is 4.79 Å². The van der Waals surface area contributed by atoms with E-state index < -0.39 is 0 Å². The van der Waals surface area contributed by atoms with Crippen molar-refractivity contribution in [1.82, 2.24) is 25.2 Å². The minimum absolute atomic E-state index is 0.00169. The van der Waals surface area contributed by atoms with Gasteiger partial charge in [-0.05, 0) is 38.7 Å². The topological polar surface area (TPSA) is 94.2 Å². The van der Waals surface area contributed by atoms with Crippen molar-refractivity contribution in [3.8, 4) is 0 Å². The van der Waals surface area contributed by atoms with Gasteiger partial charge in [-0.15, -0.1) is 0 Å². The Balaban J connectivity index is 1.39. The highest BCUT2D eigenvalue weighted by Crippen LogP contribution is 2.44. The van der Waals surface area contributed by atoms with Crippen LogP contribution in [0.1, 0.15) is 53.9 Å². The monoisotopic (exact) mass is 329 g/mol. The van der Waals surface area contributed by atoms with Crippen molar-refractivity contribution < 1.29 is 14.1 Å². The lowest BCUT2D eigenvalue weighted by Gasteiger charge is -2.38. The van der Waals surface area contributed by atoms with Gasteiger partial charge in [-0.2, -0.15) is 15.2 Å². The largest absolute Gasteiger partial charge is 0.362 e. The summed E-state index contributed by atoms with van der Waals surface area (Å²) in [7, 11) is 0. The van der Waals surface area contributed by atoms with Gasteiger partial charge in [0.1, 0.15) is 6.10 Å². The van der Waals surface area contributed by atoms with Crippen molar-refractivity contribution in [2.24, 2.45) is 0 Å². The zero-order valence-corrected chi connectivity index (χ0v) is 13.5. The van der Waals surface area contributed by atoms with E-state index in [0.29, 0.717) is 30.4 Å². The van der Waals surface area contributed by atoms with E-state index in [1.165, 1.54) is 12.4 Å². The van der Waals surface area contributed by atoms with Gasteiger partial charge < -0.3 is 14.2 Å². The standard InChI is InChI=1S/C16H19N5O3/c1-11-19-14(24-20-11)13-2-4-16(23-13)5-8-21(9-6-16)15(22)12-3-7-17-18-10-12/h3,7,10,13H,2,4-6,8-9H2,1H3/t13-/m0/s1. The lowest BCUT2D eigenvalue weighted by molar-refractivity contribution is -0.0820. The zero-order chi connectivity index (χ0) is 16.6. The minimum Gasteiger partial charge on any atom is -0.362 e. The summed E-state index contributed by atoms with van der Waals surface area (Å²) in [6, 6.07) is 1.69. The van der Waals surface area contributed by atoms with Crippen LogP contribution in [0.25, 0.3) is 0 Å². The van der Waals surface area contributed by atoms with Crippen molar-refractivity contribution in [2.45, 2.75) is 44.3 Å². The number of likely N-dealkylation sites (tertiary alicyclic amines) is 1. The molecule has 0 bridgehead atoms. The molecule has 126 valence electrons. The summed E-state index contributed by atoms with van der Waals surface area (Å²) >= 11 is 0. The first kappa shape index (κ1) is 15.2. The van der Waals surface area contributed by atoms with Crippen LogP contribution in [0.5, 0.6) is 0 Å². The van der Waals surface area contributed by atoms with Crippen LogP contribution in [0.15, 0.2) is 23.0 Å². The number of aromatic nitrogens is 4. The van der Waals surface area contributed by atoms with Crippen LogP contribution < -0.4 is 0 Å². The van der Waals surface area contributed by atoms with Crippen molar-refractivity contribution in [1.29, 1.82) is 0 Å². The number of ether oxygens (including phenoxy) is 1. The fraction of sp³-hybridized carbons (Fsp3) is 0.562. The molecule has 24 heavy (non-hydrogen) atoms. The summed E-state index contributed by atoms with van der Waals surface area (Å²) in [6.45, 7) is 3.16. The van der Waals surface area contributed by atoms with E-state index >= 15 is 0 Å². The van der Waals surface area contributed by atoms with Crippen molar-refractivity contribution in [3.63, 3.8) is 0 Å². The van der Waals surface area contributed by atoms with Crippen LogP contribution in [0.3, 0.4) is 0 Å². The normalized spacial score (nSPS) is 22.9. The maximum absolute atomic E-state index is 12.5. The molecule has 2 aliphatic rings. The van der Waals surface area contributed by atoms with Crippen LogP contribution >= 0.6 is 0 Å². The van der Waals surface area contributed by atoms with Gasteiger partial charge in [-0.25, -0.2) is 0 Å². The van der Waals surface area contributed by atoms with Crippen molar-refractivity contribution in [3.05, 3.63) is 35.7 Å². The van der Waals surface area contributed by atoms with E-state index in [2.05, 4.69) is 20.3 Å². The van der Waals surface area contributed by atoms with Crippen LogP contribution in [-0.4, -0.2) is 49.8 Å². The van der Waals surface area contributed by atoms with Gasteiger partial charge in [0.15, 0.2) is 5.82 Å². The second kappa shape index (κ2) is 5.94. The van der Waals surface area contributed by atoms with E-state index in [1.807, 2.05) is 4.90 Å². The Bertz CT molecular complexity index is 724. The van der Waals surface area contributed by atoms with Crippen LogP contribution in [0.2, 0.25) is 0 Å². The molecule has 8 heteroatoms. The van der Waals surface area contributed by atoms with Gasteiger partial charge in [0.25, 0.3) is 11.8 Å². The van der Waals surface area contributed by atoms with Gasteiger partial charge >= 0.3 is 0 Å². The number of carbonyl (C=O) groups is 1. The van der Waals surface area contributed by atoms with E-state index in [0.717, 1.165) is 25.7 Å². The Morgan fingerprint density at radius 2 is 2.12 bits per heavy atom. The van der Waals surface area contributed by atoms with Crippen molar-refractivity contribution >= 4 is 5.91 Å². The molecule has 0 unspecified atom stereocenters. The van der Waals surface area contributed by atoms with Gasteiger partial charge in [-0.1, -0.05) is 5.16 Å². The minimum atomic E-state index is -0.180. The highest BCUT2D eigenvalue weighted by atomic mass is 16.5. The molecule has 2 saturated heterocycles. The first-order chi connectivity index (χ1) is 11.7. The summed E-state index contributed by atoms with van der Waals surface area (Å²) in [5, 5.41) is 11.3. The van der Waals surface area contributed by atoms with Gasteiger partial charge in [0, 0.05) is 13.1 Å². The number of amides is 1. The maximum Gasteiger partial charge on any atom is 0.255 e. The van der Waals surface area contributed by atoms with Gasteiger partial charge in [0.2, 0.25) is 0 Å². The summed E-state index contributed by atoms with van der Waals surface area (Å²) < 4.78 is 11.5. The van der Waals surface area contributed by atoms with E-state index in [-0.39, 0.29) is 17.6 Å². The van der Waals surface area contributed by atoms with E-state index in [1.54, 1.807) is 13.0 Å². The average Bonchev–Trinajstić information content (AvgIpc) is 3.23. The lowest BCUT2D eigenvalue weighted by atomic mass is 9.88. The number of rotatable bonds is 2. The molecule has 0 N–H and O–H groups in total. The first-order valence-electron chi connectivity index (χ1n) is 8.19. The van der Waals surface area contributed by atoms with Gasteiger partial charge in [-0.3, -0.25) is 4.79 Å². The Labute approximate surface area is 139 Å². The first-order valence-corrected chi connectivity index (χ1v) is 8.19. The second-order valence-electron chi connectivity index (χ2n) is 6.43. The Hall–Kier alpha value is -2.35. The summed E-state index contributed by atoms with van der Waals surface area (Å²) in [6.07, 6.45) is 6.39. The number of piperidine rings is 1. The average molecular weight is 329 g/mol. The molecule has 0 radical (unpaired) electrons. The Morgan fingerprint density at radius 1 is 1.29 bits per heavy atom. The molecule has 4 rings (SSSR count). The number of hydrogen-bond acceptors (Lipinski definition) is 7. The number of carbonyl (C=O) groups excluding carboxylic acids is 1. The molecule has 2 aliphatic heterocycles. The Kier molecular flexibility index (Phi) is 3.76. The second-order valence-corrected chi connectivity index (χ2v) is 6.43. The fourth-order valence-corrected chi connectivity index (χ4v) is 3.52. The molecule has 1 spiro atoms. The summed E-state index contributed by atoms with van der Waals surface area (Å²) in [4.78, 5) is 18.6. The van der Waals surface area contributed by atoms with Gasteiger partial charge in [0.05, 0.1) is 23.6 Å². The molecular formula is C16H19N5O3. The molecule has 2 aromatic rings. The number of nitrogens with zero attached hydrogens (tertiary/aromatic N) is 5. The van der Waals surface area contributed by atoms with Crippen molar-refractivity contribution in [2.75, 3.05) is 13.1 Å². The van der Waals surface area contributed by atoms with Crippen LogP contribution in [0.4, 0.5) is 0 Å². The highest BCUT2D eigenvalue weighted by molar-refractivity contribution is 5.93. The molecular weight excluding hydrogens is 310 g/mol. The molecule has 0 saturated carbocycles. The maximum atomic E-state index is 12.5. The molecule has 2 aromatic heterocycles. The van der Waals surface area contributed by atoms with Crippen LogP contribution in [-0.2, 0) is 4.74 Å². The molecule has 4 heterocycles. The summed E-state index contributed by atoms with van der Waals surface area (Å²) in [5.74, 6) is 1.19. The molecule has 2 fully saturated rings. The molecule has 1 amide bonds. The van der Waals surface area contributed by atoms with Crippen LogP contribution in [0, 0.1) is 6.92 Å². The molecule has 1 atom stereocenters. The lowest BCUT2D eigenvalue weighted by Crippen LogP contribution is -2.46. The van der Waals surface area contributed by atoms with E-state index in [4.69, 9.17) is 9.26 Å². The smallest absolute Gasteiger partial charge is 0.255 e.